The first-order valence-electron chi connectivity index (χ1n) is 8.67. The van der Waals surface area contributed by atoms with Crippen LogP contribution in [0.5, 0.6) is 0 Å². The molecule has 1 fully saturated rings. The fraction of sp³-hybridized carbons (Fsp3) is 0.619. The third-order valence-corrected chi connectivity index (χ3v) is 6.56. The van der Waals surface area contributed by atoms with Gasteiger partial charge in [0.25, 0.3) is 0 Å². The van der Waals surface area contributed by atoms with Gasteiger partial charge < -0.3 is 0 Å². The molecule has 0 spiro atoms. The Morgan fingerprint density at radius 3 is 2.67 bits per heavy atom. The Hall–Kier alpha value is -1.04. The lowest BCUT2D eigenvalue weighted by molar-refractivity contribution is 0.0634. The Morgan fingerprint density at radius 1 is 1.24 bits per heavy atom. The third-order valence-electron chi connectivity index (χ3n) is 6.56. The van der Waals surface area contributed by atoms with Crippen molar-refractivity contribution in [2.45, 2.75) is 71.1 Å². The summed E-state index contributed by atoms with van der Waals surface area (Å²) in [7, 11) is 0. The number of benzene rings is 1. The van der Waals surface area contributed by atoms with E-state index in [0.29, 0.717) is 16.7 Å². The van der Waals surface area contributed by atoms with Crippen LogP contribution in [0.1, 0.15) is 76.0 Å². The first-order chi connectivity index (χ1) is 9.90. The molecular weight excluding hydrogens is 252 g/mol. The standard InChI is InChI=1S/C21H30/c1-6-20(4)12-7-13-21(5)18-10-8-16(15(2)3)14-17(18)9-11-19(20)21/h6,8,10,14-15,19H,1,7,9,11-13H2,2-5H3/t19?,20-,21-/m1/s1. The minimum absolute atomic E-state index is 0.321. The molecule has 3 rings (SSSR count). The van der Waals surface area contributed by atoms with Gasteiger partial charge in [-0.3, -0.25) is 0 Å². The summed E-state index contributed by atoms with van der Waals surface area (Å²) in [6, 6.07) is 7.31. The highest BCUT2D eigenvalue weighted by Crippen LogP contribution is 2.57. The number of aryl methyl sites for hydroxylation is 1. The molecule has 0 heterocycles. The largest absolute Gasteiger partial charge is 0.103 e. The van der Waals surface area contributed by atoms with E-state index in [9.17, 15) is 0 Å². The summed E-state index contributed by atoms with van der Waals surface area (Å²) in [6.07, 6.45) is 8.82. The highest BCUT2D eigenvalue weighted by Gasteiger charge is 2.50. The van der Waals surface area contributed by atoms with Gasteiger partial charge in [-0.15, -0.1) is 6.58 Å². The zero-order chi connectivity index (χ0) is 15.3. The van der Waals surface area contributed by atoms with Crippen LogP contribution >= 0.6 is 0 Å². The van der Waals surface area contributed by atoms with E-state index in [4.69, 9.17) is 0 Å². The van der Waals surface area contributed by atoms with Crippen molar-refractivity contribution in [1.82, 2.24) is 0 Å². The fourth-order valence-corrected chi connectivity index (χ4v) is 5.16. The molecule has 0 amide bonds. The Morgan fingerprint density at radius 2 is 2.00 bits per heavy atom. The van der Waals surface area contributed by atoms with Gasteiger partial charge in [-0.05, 0) is 65.0 Å². The minimum atomic E-state index is 0.321. The first-order valence-corrected chi connectivity index (χ1v) is 8.67. The Labute approximate surface area is 130 Å². The van der Waals surface area contributed by atoms with E-state index in [2.05, 4.69) is 58.5 Å². The molecule has 2 aliphatic rings. The molecule has 0 radical (unpaired) electrons. The van der Waals surface area contributed by atoms with Gasteiger partial charge in [-0.25, -0.2) is 0 Å². The van der Waals surface area contributed by atoms with Crippen LogP contribution in [0.3, 0.4) is 0 Å². The Bertz CT molecular complexity index is 553. The fourth-order valence-electron chi connectivity index (χ4n) is 5.16. The quantitative estimate of drug-likeness (QED) is 0.583. The lowest BCUT2D eigenvalue weighted by Gasteiger charge is -2.54. The zero-order valence-electron chi connectivity index (χ0n) is 14.2. The maximum Gasteiger partial charge on any atom is -0.00360 e. The van der Waals surface area contributed by atoms with E-state index >= 15 is 0 Å². The molecule has 0 aliphatic heterocycles. The molecule has 1 aromatic carbocycles. The molecule has 1 unspecified atom stereocenters. The van der Waals surface area contributed by atoms with Gasteiger partial charge in [0.1, 0.15) is 0 Å². The minimum Gasteiger partial charge on any atom is -0.103 e. The van der Waals surface area contributed by atoms with Crippen molar-refractivity contribution in [2.75, 3.05) is 0 Å². The molecule has 1 aromatic rings. The van der Waals surface area contributed by atoms with Crippen LogP contribution in [0.2, 0.25) is 0 Å². The van der Waals surface area contributed by atoms with Crippen LogP contribution in [0.15, 0.2) is 30.9 Å². The summed E-state index contributed by atoms with van der Waals surface area (Å²) in [5.41, 5.74) is 5.42. The van der Waals surface area contributed by atoms with Crippen LogP contribution in [0.4, 0.5) is 0 Å². The van der Waals surface area contributed by atoms with Crippen LogP contribution in [-0.4, -0.2) is 0 Å². The highest BCUT2D eigenvalue weighted by molar-refractivity contribution is 5.42. The summed E-state index contributed by atoms with van der Waals surface area (Å²) >= 11 is 0. The second kappa shape index (κ2) is 5.00. The SMILES string of the molecule is C=C[C@]1(C)CCC[C@]2(C)c3ccc(C(C)C)cc3CCC12. The van der Waals surface area contributed by atoms with Crippen molar-refractivity contribution in [2.24, 2.45) is 11.3 Å². The molecule has 21 heavy (non-hydrogen) atoms. The van der Waals surface area contributed by atoms with E-state index in [1.165, 1.54) is 37.7 Å². The molecule has 0 bridgehead atoms. The highest BCUT2D eigenvalue weighted by atomic mass is 14.5. The van der Waals surface area contributed by atoms with Gasteiger partial charge in [-0.1, -0.05) is 58.4 Å². The van der Waals surface area contributed by atoms with Gasteiger partial charge in [0.2, 0.25) is 0 Å². The molecule has 0 nitrogen and oxygen atoms in total. The van der Waals surface area contributed by atoms with Gasteiger partial charge in [0.05, 0.1) is 0 Å². The lowest BCUT2D eigenvalue weighted by Crippen LogP contribution is -2.48. The predicted octanol–water partition coefficient (Wildman–Crippen LogP) is 6.01. The summed E-state index contributed by atoms with van der Waals surface area (Å²) in [5.74, 6) is 1.39. The van der Waals surface area contributed by atoms with E-state index in [1.54, 1.807) is 11.1 Å². The monoisotopic (exact) mass is 282 g/mol. The van der Waals surface area contributed by atoms with Crippen LogP contribution < -0.4 is 0 Å². The molecule has 3 atom stereocenters. The van der Waals surface area contributed by atoms with Crippen molar-refractivity contribution in [3.05, 3.63) is 47.5 Å². The van der Waals surface area contributed by atoms with Crippen LogP contribution in [0.25, 0.3) is 0 Å². The summed E-state index contributed by atoms with van der Waals surface area (Å²) in [5, 5.41) is 0. The van der Waals surface area contributed by atoms with Crippen molar-refractivity contribution >= 4 is 0 Å². The summed E-state index contributed by atoms with van der Waals surface area (Å²) < 4.78 is 0. The molecule has 1 saturated carbocycles. The topological polar surface area (TPSA) is 0 Å². The summed E-state index contributed by atoms with van der Waals surface area (Å²) in [6.45, 7) is 13.7. The Balaban J connectivity index is 2.07. The Kier molecular flexibility index (Phi) is 3.55. The van der Waals surface area contributed by atoms with Crippen molar-refractivity contribution in [3.8, 4) is 0 Å². The normalized spacial score (nSPS) is 35.2. The van der Waals surface area contributed by atoms with Gasteiger partial charge >= 0.3 is 0 Å². The van der Waals surface area contributed by atoms with Crippen LogP contribution in [0, 0.1) is 11.3 Å². The summed E-state index contributed by atoms with van der Waals surface area (Å²) in [4.78, 5) is 0. The van der Waals surface area contributed by atoms with Crippen LogP contribution in [-0.2, 0) is 11.8 Å². The first kappa shape index (κ1) is 14.9. The maximum absolute atomic E-state index is 4.17. The van der Waals surface area contributed by atoms with E-state index in [-0.39, 0.29) is 0 Å². The molecule has 2 aliphatic carbocycles. The zero-order valence-corrected chi connectivity index (χ0v) is 14.2. The number of rotatable bonds is 2. The third kappa shape index (κ3) is 2.18. The second-order valence-electron chi connectivity index (χ2n) is 8.14. The predicted molar refractivity (Wildman–Crippen MR) is 91.8 cm³/mol. The maximum atomic E-state index is 4.17. The van der Waals surface area contributed by atoms with Gasteiger partial charge in [-0.2, -0.15) is 0 Å². The molecular formula is C21H30. The number of hydrogen-bond acceptors (Lipinski definition) is 0. The van der Waals surface area contributed by atoms with E-state index in [0.717, 1.165) is 5.92 Å². The van der Waals surface area contributed by atoms with Crippen molar-refractivity contribution in [1.29, 1.82) is 0 Å². The molecule has 0 heteroatoms. The average Bonchev–Trinajstić information content (AvgIpc) is 2.46. The number of allylic oxidation sites excluding steroid dienone is 1. The number of hydrogen-bond donors (Lipinski definition) is 0. The molecule has 114 valence electrons. The average molecular weight is 282 g/mol. The van der Waals surface area contributed by atoms with Gasteiger partial charge in [0, 0.05) is 0 Å². The van der Waals surface area contributed by atoms with E-state index in [1.807, 2.05) is 0 Å². The smallest absolute Gasteiger partial charge is 0.00360 e. The lowest BCUT2D eigenvalue weighted by atomic mass is 9.50. The molecule has 0 N–H and O–H groups in total. The molecule has 0 saturated heterocycles. The van der Waals surface area contributed by atoms with E-state index < -0.39 is 0 Å². The van der Waals surface area contributed by atoms with Crippen molar-refractivity contribution in [3.63, 3.8) is 0 Å². The second-order valence-corrected chi connectivity index (χ2v) is 8.14. The molecule has 0 aromatic heterocycles. The van der Waals surface area contributed by atoms with Crippen molar-refractivity contribution < 1.29 is 0 Å². The van der Waals surface area contributed by atoms with Gasteiger partial charge in [0.15, 0.2) is 0 Å². The number of fused-ring (bicyclic) bond motifs is 3.